The van der Waals surface area contributed by atoms with Gasteiger partial charge in [0.05, 0.1) is 19.3 Å². The van der Waals surface area contributed by atoms with Gasteiger partial charge in [-0.1, -0.05) is 12.1 Å². The number of carbonyl (C=O) groups is 5. The third-order valence-electron chi connectivity index (χ3n) is 4.85. The maximum Gasteiger partial charge on any atom is 0.326 e. The average Bonchev–Trinajstić information content (AvgIpc) is 3.31. The van der Waals surface area contributed by atoms with Gasteiger partial charge in [0.15, 0.2) is 0 Å². The zero-order valence-corrected chi connectivity index (χ0v) is 18.6. The summed E-state index contributed by atoms with van der Waals surface area (Å²) in [5.74, 6) is -4.64. The van der Waals surface area contributed by atoms with Gasteiger partial charge in [-0.25, -0.2) is 9.78 Å². The van der Waals surface area contributed by atoms with Gasteiger partial charge in [0.2, 0.25) is 23.6 Å². The number of nitrogens with two attached hydrogens (primary N) is 2. The van der Waals surface area contributed by atoms with Gasteiger partial charge in [-0.05, 0) is 17.7 Å². The fraction of sp³-hybridized carbons (Fsp3) is 0.333. The second-order valence-corrected chi connectivity index (χ2v) is 7.61. The molecule has 1 heterocycles. The zero-order chi connectivity index (χ0) is 26.0. The number of aromatic hydroxyl groups is 1. The standard InChI is InChI=1S/C21H27N7O7/c22-8-18(31)26-15(7-17(23)30)20(33)27-14(6-12-9-24-10-25-12)19(32)28-16(21(34)35)5-11-1-3-13(29)4-2-11/h1-4,9-10,14-16,29H,5-8,22H2,(H2,23,30)(H,24,25)(H,26,31)(H,27,33)(H,28,32)(H,34,35). The Morgan fingerprint density at radius 2 is 1.57 bits per heavy atom. The van der Waals surface area contributed by atoms with Gasteiger partial charge < -0.3 is 42.6 Å². The van der Waals surface area contributed by atoms with Gasteiger partial charge in [-0.2, -0.15) is 0 Å². The Labute approximate surface area is 199 Å². The molecule has 2 aromatic rings. The predicted octanol–water partition coefficient (Wildman–Crippen LogP) is -2.73. The maximum absolute atomic E-state index is 13.0. The van der Waals surface area contributed by atoms with Crippen LogP contribution in [0.4, 0.5) is 0 Å². The molecule has 14 heteroatoms. The smallest absolute Gasteiger partial charge is 0.326 e. The number of phenols is 1. The molecule has 2 rings (SSSR count). The summed E-state index contributed by atoms with van der Waals surface area (Å²) < 4.78 is 0. The summed E-state index contributed by atoms with van der Waals surface area (Å²) in [4.78, 5) is 67.2. The lowest BCUT2D eigenvalue weighted by atomic mass is 10.0. The Bertz CT molecular complexity index is 1040. The van der Waals surface area contributed by atoms with Gasteiger partial charge in [-0.3, -0.25) is 19.2 Å². The number of hydrogen-bond donors (Lipinski definition) is 8. The quantitative estimate of drug-likeness (QED) is 0.145. The highest BCUT2D eigenvalue weighted by molar-refractivity contribution is 5.95. The molecule has 10 N–H and O–H groups in total. The SMILES string of the molecule is NCC(=O)NC(CC(N)=O)C(=O)NC(Cc1cnc[nH]1)C(=O)NC(Cc1ccc(O)cc1)C(=O)O. The van der Waals surface area contributed by atoms with Crippen LogP contribution in [0, 0.1) is 0 Å². The van der Waals surface area contributed by atoms with Crippen LogP contribution in [0.2, 0.25) is 0 Å². The minimum absolute atomic E-state index is 0.000707. The second-order valence-electron chi connectivity index (χ2n) is 7.61. The van der Waals surface area contributed by atoms with Crippen LogP contribution in [0.25, 0.3) is 0 Å². The van der Waals surface area contributed by atoms with Crippen LogP contribution in [-0.2, 0) is 36.8 Å². The van der Waals surface area contributed by atoms with Crippen LogP contribution in [0.15, 0.2) is 36.8 Å². The number of aromatic amines is 1. The number of nitrogens with one attached hydrogen (secondary N) is 4. The number of nitrogens with zero attached hydrogens (tertiary/aromatic N) is 1. The Morgan fingerprint density at radius 1 is 0.943 bits per heavy atom. The van der Waals surface area contributed by atoms with E-state index in [1.165, 1.54) is 36.8 Å². The molecule has 0 aliphatic rings. The molecule has 0 spiro atoms. The largest absolute Gasteiger partial charge is 0.508 e. The Kier molecular flexibility index (Phi) is 9.71. The number of carbonyl (C=O) groups excluding carboxylic acids is 4. The average molecular weight is 489 g/mol. The molecule has 0 aliphatic heterocycles. The summed E-state index contributed by atoms with van der Waals surface area (Å²) in [5, 5.41) is 26.0. The third kappa shape index (κ3) is 8.77. The lowest BCUT2D eigenvalue weighted by Crippen LogP contribution is -2.57. The highest BCUT2D eigenvalue weighted by Gasteiger charge is 2.30. The molecule has 14 nitrogen and oxygen atoms in total. The van der Waals surface area contributed by atoms with Crippen molar-refractivity contribution in [2.45, 2.75) is 37.4 Å². The molecule has 0 saturated heterocycles. The molecule has 0 fully saturated rings. The van der Waals surface area contributed by atoms with E-state index >= 15 is 0 Å². The number of H-pyrrole nitrogens is 1. The van der Waals surface area contributed by atoms with Gasteiger partial charge >= 0.3 is 5.97 Å². The van der Waals surface area contributed by atoms with Crippen molar-refractivity contribution in [2.24, 2.45) is 11.5 Å². The molecule has 35 heavy (non-hydrogen) atoms. The molecule has 1 aromatic heterocycles. The van der Waals surface area contributed by atoms with Crippen molar-refractivity contribution in [3.05, 3.63) is 48.0 Å². The number of aliphatic carboxylic acids is 1. The number of amides is 4. The Hall–Kier alpha value is -4.46. The van der Waals surface area contributed by atoms with Crippen LogP contribution in [-0.4, -0.2) is 74.4 Å². The van der Waals surface area contributed by atoms with Crippen molar-refractivity contribution >= 4 is 29.6 Å². The van der Waals surface area contributed by atoms with Crippen molar-refractivity contribution in [2.75, 3.05) is 6.54 Å². The fourth-order valence-corrected chi connectivity index (χ4v) is 3.10. The third-order valence-corrected chi connectivity index (χ3v) is 4.85. The van der Waals surface area contributed by atoms with Crippen molar-refractivity contribution in [3.8, 4) is 5.75 Å². The summed E-state index contributed by atoms with van der Waals surface area (Å²) in [6.07, 6.45) is 2.03. The van der Waals surface area contributed by atoms with E-state index in [2.05, 4.69) is 25.9 Å². The van der Waals surface area contributed by atoms with E-state index in [0.717, 1.165) is 0 Å². The molecule has 0 aliphatic carbocycles. The van der Waals surface area contributed by atoms with E-state index in [4.69, 9.17) is 11.5 Å². The van der Waals surface area contributed by atoms with E-state index in [1.54, 1.807) is 0 Å². The van der Waals surface area contributed by atoms with Crippen LogP contribution < -0.4 is 27.4 Å². The van der Waals surface area contributed by atoms with Crippen LogP contribution in [0.5, 0.6) is 5.75 Å². The lowest BCUT2D eigenvalue weighted by molar-refractivity contribution is -0.142. The van der Waals surface area contributed by atoms with Crippen LogP contribution in [0.3, 0.4) is 0 Å². The number of imidazole rings is 1. The first-order valence-corrected chi connectivity index (χ1v) is 10.5. The highest BCUT2D eigenvalue weighted by atomic mass is 16.4. The maximum atomic E-state index is 13.0. The number of hydrogen-bond acceptors (Lipinski definition) is 8. The number of benzene rings is 1. The predicted molar refractivity (Wildman–Crippen MR) is 120 cm³/mol. The summed E-state index contributed by atoms with van der Waals surface area (Å²) in [5.41, 5.74) is 11.4. The highest BCUT2D eigenvalue weighted by Crippen LogP contribution is 2.12. The van der Waals surface area contributed by atoms with Crippen molar-refractivity contribution in [1.82, 2.24) is 25.9 Å². The Balaban J connectivity index is 2.20. The molecule has 1 aromatic carbocycles. The van der Waals surface area contributed by atoms with Crippen LogP contribution in [0.1, 0.15) is 17.7 Å². The van der Waals surface area contributed by atoms with E-state index in [0.29, 0.717) is 11.3 Å². The number of primary amides is 1. The summed E-state index contributed by atoms with van der Waals surface area (Å²) >= 11 is 0. The molecule has 188 valence electrons. The topological polar surface area (TPSA) is 243 Å². The van der Waals surface area contributed by atoms with Crippen molar-refractivity contribution in [1.29, 1.82) is 0 Å². The first-order chi connectivity index (χ1) is 16.6. The number of carboxylic acid groups (broad SMARTS) is 1. The lowest BCUT2D eigenvalue weighted by Gasteiger charge is -2.24. The molecular weight excluding hydrogens is 462 g/mol. The molecule has 3 atom stereocenters. The molecular formula is C21H27N7O7. The van der Waals surface area contributed by atoms with E-state index in [9.17, 15) is 34.2 Å². The second kappa shape index (κ2) is 12.7. The fourth-order valence-electron chi connectivity index (χ4n) is 3.10. The summed E-state index contributed by atoms with van der Waals surface area (Å²) in [6.45, 7) is -0.446. The van der Waals surface area contributed by atoms with Gasteiger partial charge in [-0.15, -0.1) is 0 Å². The minimum Gasteiger partial charge on any atom is -0.508 e. The molecule has 4 amide bonds. The minimum atomic E-state index is -1.40. The normalized spacial score (nSPS) is 13.2. The van der Waals surface area contributed by atoms with E-state index in [-0.39, 0.29) is 18.6 Å². The number of rotatable bonds is 13. The molecule has 0 radical (unpaired) electrons. The number of carboxylic acids is 1. The Morgan fingerprint density at radius 3 is 2.11 bits per heavy atom. The summed E-state index contributed by atoms with van der Waals surface area (Å²) in [6, 6.07) is 1.73. The summed E-state index contributed by atoms with van der Waals surface area (Å²) in [7, 11) is 0. The number of aromatic nitrogens is 2. The molecule has 0 saturated carbocycles. The number of phenolic OH excluding ortho intramolecular Hbond substituents is 1. The monoisotopic (exact) mass is 489 g/mol. The van der Waals surface area contributed by atoms with Gasteiger partial charge in [0.1, 0.15) is 23.9 Å². The van der Waals surface area contributed by atoms with Crippen molar-refractivity contribution in [3.63, 3.8) is 0 Å². The first-order valence-electron chi connectivity index (χ1n) is 10.5. The zero-order valence-electron chi connectivity index (χ0n) is 18.6. The molecule has 3 unspecified atom stereocenters. The van der Waals surface area contributed by atoms with Crippen LogP contribution >= 0.6 is 0 Å². The van der Waals surface area contributed by atoms with Crippen molar-refractivity contribution < 1.29 is 34.2 Å². The van der Waals surface area contributed by atoms with E-state index < -0.39 is 60.7 Å². The van der Waals surface area contributed by atoms with Gasteiger partial charge in [0.25, 0.3) is 0 Å². The first kappa shape index (κ1) is 26.8. The van der Waals surface area contributed by atoms with Gasteiger partial charge in [0, 0.05) is 24.7 Å². The molecule has 0 bridgehead atoms. The van der Waals surface area contributed by atoms with E-state index in [1.807, 2.05) is 0 Å².